The topological polar surface area (TPSA) is 44.4 Å². The number of carbonyl (C=O) groups excluding carboxylic acids is 1. The summed E-state index contributed by atoms with van der Waals surface area (Å²) >= 11 is 0. The molecule has 0 bridgehead atoms. The molecule has 108 valence electrons. The van der Waals surface area contributed by atoms with Crippen molar-refractivity contribution in [1.82, 2.24) is 15.5 Å². The number of amides is 1. The number of piperidine rings is 1. The van der Waals surface area contributed by atoms with Crippen LogP contribution >= 0.6 is 24.8 Å². The third-order valence-corrected chi connectivity index (χ3v) is 3.68. The Balaban J connectivity index is 0.00000144. The Hall–Kier alpha value is -0.0300. The van der Waals surface area contributed by atoms with Crippen LogP contribution in [0.4, 0.5) is 0 Å². The van der Waals surface area contributed by atoms with Crippen LogP contribution in [-0.4, -0.2) is 50.1 Å². The second-order valence-electron chi connectivity index (χ2n) is 5.16. The maximum atomic E-state index is 11.8. The quantitative estimate of drug-likeness (QED) is 0.818. The predicted octanol–water partition coefficient (Wildman–Crippen LogP) is 1.04. The third kappa shape index (κ3) is 5.31. The number of hydrogen-bond acceptors (Lipinski definition) is 3. The van der Waals surface area contributed by atoms with Crippen LogP contribution in [0, 0.1) is 5.92 Å². The van der Waals surface area contributed by atoms with E-state index in [1.807, 2.05) is 0 Å². The molecule has 6 heteroatoms. The fourth-order valence-electron chi connectivity index (χ4n) is 2.64. The summed E-state index contributed by atoms with van der Waals surface area (Å²) in [4.78, 5) is 14.2. The lowest BCUT2D eigenvalue weighted by molar-refractivity contribution is -0.123. The molecule has 2 heterocycles. The Morgan fingerprint density at radius 3 is 2.67 bits per heavy atom. The van der Waals surface area contributed by atoms with E-state index in [9.17, 15) is 4.79 Å². The van der Waals surface area contributed by atoms with Gasteiger partial charge in [-0.05, 0) is 45.3 Å². The fourth-order valence-corrected chi connectivity index (χ4v) is 2.64. The lowest BCUT2D eigenvalue weighted by atomic mass is 10.0. The van der Waals surface area contributed by atoms with Gasteiger partial charge in [0.05, 0.1) is 6.04 Å². The monoisotopic (exact) mass is 297 g/mol. The Morgan fingerprint density at radius 1 is 1.33 bits per heavy atom. The van der Waals surface area contributed by atoms with Gasteiger partial charge in [-0.15, -0.1) is 24.8 Å². The van der Waals surface area contributed by atoms with E-state index in [1.54, 1.807) is 0 Å². The molecule has 0 spiro atoms. The van der Waals surface area contributed by atoms with Crippen molar-refractivity contribution < 1.29 is 4.79 Å². The van der Waals surface area contributed by atoms with E-state index in [2.05, 4.69) is 22.6 Å². The summed E-state index contributed by atoms with van der Waals surface area (Å²) in [6.07, 6.45) is 4.60. The maximum absolute atomic E-state index is 11.8. The molecule has 0 aromatic heterocycles. The summed E-state index contributed by atoms with van der Waals surface area (Å²) in [5, 5.41) is 6.37. The zero-order chi connectivity index (χ0) is 11.4. The standard InChI is InChI=1S/C12H23N3O.2ClH/c1-15-7-5-10(9-15)8-14-12(16)11-4-2-3-6-13-11;;/h10-11,13H,2-9H2,1H3,(H,14,16);2*1H/t10?,11-;;/m0../s1. The van der Waals surface area contributed by atoms with Gasteiger partial charge in [0, 0.05) is 13.1 Å². The first-order valence-corrected chi connectivity index (χ1v) is 6.45. The molecular weight excluding hydrogens is 273 g/mol. The van der Waals surface area contributed by atoms with Crippen molar-refractivity contribution >= 4 is 30.7 Å². The molecule has 1 amide bonds. The summed E-state index contributed by atoms with van der Waals surface area (Å²) in [5.41, 5.74) is 0. The van der Waals surface area contributed by atoms with Gasteiger partial charge in [-0.25, -0.2) is 0 Å². The number of nitrogens with one attached hydrogen (secondary N) is 2. The predicted molar refractivity (Wildman–Crippen MR) is 78.8 cm³/mol. The lowest BCUT2D eigenvalue weighted by Crippen LogP contribution is -2.47. The van der Waals surface area contributed by atoms with Gasteiger partial charge in [0.2, 0.25) is 5.91 Å². The van der Waals surface area contributed by atoms with Gasteiger partial charge in [-0.2, -0.15) is 0 Å². The van der Waals surface area contributed by atoms with Crippen LogP contribution in [0.2, 0.25) is 0 Å². The van der Waals surface area contributed by atoms with Gasteiger partial charge in [-0.3, -0.25) is 4.79 Å². The van der Waals surface area contributed by atoms with Crippen LogP contribution in [0.25, 0.3) is 0 Å². The molecule has 0 aromatic rings. The molecule has 2 rings (SSSR count). The first-order chi connectivity index (χ1) is 7.75. The zero-order valence-electron chi connectivity index (χ0n) is 11.0. The molecule has 2 aliphatic rings. The number of likely N-dealkylation sites (tertiary alicyclic amines) is 1. The molecule has 2 N–H and O–H groups in total. The van der Waals surface area contributed by atoms with E-state index in [0.29, 0.717) is 5.92 Å². The number of hydrogen-bond donors (Lipinski definition) is 2. The Kier molecular flexibility index (Phi) is 8.95. The minimum absolute atomic E-state index is 0. The van der Waals surface area contributed by atoms with Gasteiger partial charge < -0.3 is 15.5 Å². The highest BCUT2D eigenvalue weighted by Gasteiger charge is 2.23. The normalized spacial score (nSPS) is 28.1. The van der Waals surface area contributed by atoms with E-state index in [-0.39, 0.29) is 36.8 Å². The smallest absolute Gasteiger partial charge is 0.237 e. The molecule has 2 saturated heterocycles. The Bertz CT molecular complexity index is 247. The summed E-state index contributed by atoms with van der Waals surface area (Å²) in [6, 6.07) is 0.0629. The lowest BCUT2D eigenvalue weighted by Gasteiger charge is -2.23. The summed E-state index contributed by atoms with van der Waals surface area (Å²) in [5.74, 6) is 0.854. The van der Waals surface area contributed by atoms with Crippen LogP contribution in [0.15, 0.2) is 0 Å². The highest BCUT2D eigenvalue weighted by atomic mass is 35.5. The SMILES string of the molecule is CN1CCC(CNC(=O)[C@@H]2CCCCN2)C1.Cl.Cl. The Labute approximate surface area is 122 Å². The molecular formula is C12H25Cl2N3O. The van der Waals surface area contributed by atoms with Gasteiger partial charge in [0.1, 0.15) is 0 Å². The van der Waals surface area contributed by atoms with Crippen molar-refractivity contribution in [3.05, 3.63) is 0 Å². The molecule has 0 radical (unpaired) electrons. The van der Waals surface area contributed by atoms with Gasteiger partial charge >= 0.3 is 0 Å². The van der Waals surface area contributed by atoms with E-state index >= 15 is 0 Å². The van der Waals surface area contributed by atoms with Crippen molar-refractivity contribution in [2.45, 2.75) is 31.7 Å². The second-order valence-corrected chi connectivity index (χ2v) is 5.16. The van der Waals surface area contributed by atoms with Crippen LogP contribution in [0.1, 0.15) is 25.7 Å². The summed E-state index contributed by atoms with van der Waals surface area (Å²) in [7, 11) is 2.14. The fraction of sp³-hybridized carbons (Fsp3) is 0.917. The van der Waals surface area contributed by atoms with Crippen LogP contribution in [0.3, 0.4) is 0 Å². The zero-order valence-corrected chi connectivity index (χ0v) is 12.6. The highest BCUT2D eigenvalue weighted by Crippen LogP contribution is 2.13. The summed E-state index contributed by atoms with van der Waals surface area (Å²) in [6.45, 7) is 4.13. The minimum atomic E-state index is 0. The molecule has 18 heavy (non-hydrogen) atoms. The van der Waals surface area contributed by atoms with Gasteiger partial charge in [0.15, 0.2) is 0 Å². The van der Waals surface area contributed by atoms with Crippen molar-refractivity contribution in [2.75, 3.05) is 33.2 Å². The van der Waals surface area contributed by atoms with E-state index < -0.39 is 0 Å². The van der Waals surface area contributed by atoms with Gasteiger partial charge in [-0.1, -0.05) is 6.42 Å². The molecule has 2 atom stereocenters. The minimum Gasteiger partial charge on any atom is -0.354 e. The molecule has 2 fully saturated rings. The maximum Gasteiger partial charge on any atom is 0.237 e. The number of rotatable bonds is 3. The van der Waals surface area contributed by atoms with Crippen molar-refractivity contribution in [3.8, 4) is 0 Å². The number of carbonyl (C=O) groups is 1. The van der Waals surface area contributed by atoms with Crippen molar-refractivity contribution in [2.24, 2.45) is 5.92 Å². The summed E-state index contributed by atoms with van der Waals surface area (Å²) < 4.78 is 0. The Morgan fingerprint density at radius 2 is 2.11 bits per heavy atom. The third-order valence-electron chi connectivity index (χ3n) is 3.68. The van der Waals surface area contributed by atoms with Crippen molar-refractivity contribution in [3.63, 3.8) is 0 Å². The molecule has 4 nitrogen and oxygen atoms in total. The molecule has 2 aliphatic heterocycles. The highest BCUT2D eigenvalue weighted by molar-refractivity contribution is 5.85. The average Bonchev–Trinajstić information content (AvgIpc) is 2.73. The van der Waals surface area contributed by atoms with Crippen LogP contribution in [-0.2, 0) is 4.79 Å². The number of halogens is 2. The molecule has 0 saturated carbocycles. The molecule has 0 aliphatic carbocycles. The van der Waals surface area contributed by atoms with Crippen LogP contribution < -0.4 is 10.6 Å². The number of nitrogens with zero attached hydrogens (tertiary/aromatic N) is 1. The molecule has 1 unspecified atom stereocenters. The second kappa shape index (κ2) is 8.97. The first-order valence-electron chi connectivity index (χ1n) is 6.45. The molecule has 0 aromatic carbocycles. The van der Waals surface area contributed by atoms with E-state index in [1.165, 1.54) is 25.8 Å². The van der Waals surface area contributed by atoms with E-state index in [0.717, 1.165) is 26.1 Å². The van der Waals surface area contributed by atoms with E-state index in [4.69, 9.17) is 0 Å². The average molecular weight is 298 g/mol. The van der Waals surface area contributed by atoms with Gasteiger partial charge in [0.25, 0.3) is 0 Å². The largest absolute Gasteiger partial charge is 0.354 e. The van der Waals surface area contributed by atoms with Crippen LogP contribution in [0.5, 0.6) is 0 Å². The first kappa shape index (κ1) is 18.0. The van der Waals surface area contributed by atoms with Crippen molar-refractivity contribution in [1.29, 1.82) is 0 Å².